The highest BCUT2D eigenvalue weighted by atomic mass is 35.5. The van der Waals surface area contributed by atoms with Gasteiger partial charge >= 0.3 is 0 Å². The lowest BCUT2D eigenvalue weighted by Crippen LogP contribution is -2.39. The van der Waals surface area contributed by atoms with E-state index in [1.165, 1.54) is 18.2 Å². The molecular formula is C17H14ClN4O3+. The number of nitro benzene ring substituents is 1. The fourth-order valence-electron chi connectivity index (χ4n) is 2.58. The molecule has 0 aliphatic heterocycles. The van der Waals surface area contributed by atoms with E-state index in [0.717, 1.165) is 11.0 Å². The van der Waals surface area contributed by atoms with Gasteiger partial charge in [-0.15, -0.1) is 0 Å². The Bertz CT molecular complexity index is 997. The number of hydrogen-bond acceptors (Lipinski definition) is 3. The van der Waals surface area contributed by atoms with Gasteiger partial charge in [0, 0.05) is 11.1 Å². The Labute approximate surface area is 147 Å². The molecule has 8 heteroatoms. The molecule has 0 saturated carbocycles. The van der Waals surface area contributed by atoms with E-state index in [9.17, 15) is 14.9 Å². The lowest BCUT2D eigenvalue weighted by Gasteiger charge is -2.05. The van der Waals surface area contributed by atoms with Crippen LogP contribution in [0.15, 0.2) is 55.4 Å². The Morgan fingerprint density at radius 3 is 2.84 bits per heavy atom. The molecule has 2 aromatic carbocycles. The predicted molar refractivity (Wildman–Crippen MR) is 95.3 cm³/mol. The maximum atomic E-state index is 12.4. The van der Waals surface area contributed by atoms with E-state index in [0.29, 0.717) is 5.02 Å². The molecule has 0 radical (unpaired) electrons. The zero-order chi connectivity index (χ0) is 18.0. The molecule has 0 atom stereocenters. The lowest BCUT2D eigenvalue weighted by atomic mass is 10.2. The van der Waals surface area contributed by atoms with E-state index >= 15 is 0 Å². The molecule has 126 valence electrons. The Balaban J connectivity index is 1.88. The summed E-state index contributed by atoms with van der Waals surface area (Å²) in [4.78, 5) is 22.9. The Morgan fingerprint density at radius 1 is 1.36 bits per heavy atom. The number of carbonyl (C=O) groups excluding carboxylic acids is 1. The maximum absolute atomic E-state index is 12.4. The van der Waals surface area contributed by atoms with Crippen LogP contribution < -0.4 is 9.88 Å². The largest absolute Gasteiger partial charge is 0.317 e. The van der Waals surface area contributed by atoms with Gasteiger partial charge in [-0.05, 0) is 24.3 Å². The van der Waals surface area contributed by atoms with Crippen LogP contribution in [-0.4, -0.2) is 15.4 Å². The fraction of sp³-hybridized carbons (Fsp3) is 0.0588. The quantitative estimate of drug-likeness (QED) is 0.432. The van der Waals surface area contributed by atoms with Gasteiger partial charge in [0.2, 0.25) is 6.33 Å². The topological polar surface area (TPSA) is 81.0 Å². The Morgan fingerprint density at radius 2 is 2.12 bits per heavy atom. The van der Waals surface area contributed by atoms with Crippen molar-refractivity contribution in [1.82, 2.24) is 4.57 Å². The average molecular weight is 358 g/mol. The zero-order valence-corrected chi connectivity index (χ0v) is 13.8. The molecule has 3 aromatic rings. The van der Waals surface area contributed by atoms with Gasteiger partial charge in [-0.1, -0.05) is 30.3 Å². The Kier molecular flexibility index (Phi) is 4.49. The second-order valence-corrected chi connectivity index (χ2v) is 5.73. The number of nitro groups is 1. The Hall–Kier alpha value is -3.19. The minimum Gasteiger partial charge on any atom is -0.317 e. The maximum Gasteiger partial charge on any atom is 0.292 e. The van der Waals surface area contributed by atoms with Crippen molar-refractivity contribution in [2.45, 2.75) is 6.54 Å². The van der Waals surface area contributed by atoms with Gasteiger partial charge in [-0.3, -0.25) is 14.9 Å². The summed E-state index contributed by atoms with van der Waals surface area (Å²) in [6.45, 7) is 3.73. The van der Waals surface area contributed by atoms with Crippen molar-refractivity contribution in [3.8, 4) is 0 Å². The molecule has 0 aliphatic rings. The number of anilines is 1. The van der Waals surface area contributed by atoms with Gasteiger partial charge in [-0.25, -0.2) is 9.13 Å². The summed E-state index contributed by atoms with van der Waals surface area (Å²) >= 11 is 5.87. The molecule has 0 bridgehead atoms. The van der Waals surface area contributed by atoms with Gasteiger partial charge < -0.3 is 5.32 Å². The highest BCUT2D eigenvalue weighted by Gasteiger charge is 2.20. The molecule has 0 fully saturated rings. The normalized spacial score (nSPS) is 10.6. The molecule has 0 saturated heterocycles. The molecule has 0 aliphatic carbocycles. The standard InChI is InChI=1S/C17H13ClN4O3/c1-2-20-11-21(16-6-4-3-5-15(16)20)10-17(23)19-13-9-12(18)7-8-14(13)22(24)25/h2-9,11H,1,10H2/p+1. The highest BCUT2D eigenvalue weighted by molar-refractivity contribution is 6.31. The first kappa shape index (κ1) is 16.7. The van der Waals surface area contributed by atoms with E-state index in [-0.39, 0.29) is 17.9 Å². The molecule has 0 unspecified atom stereocenters. The van der Waals surface area contributed by atoms with E-state index in [1.807, 2.05) is 24.3 Å². The molecule has 1 amide bonds. The van der Waals surface area contributed by atoms with Gasteiger partial charge in [-0.2, -0.15) is 0 Å². The third kappa shape index (κ3) is 3.36. The predicted octanol–water partition coefficient (Wildman–Crippen LogP) is 3.23. The number of nitrogens with one attached hydrogen (secondary N) is 1. The van der Waals surface area contributed by atoms with Gasteiger partial charge in [0.15, 0.2) is 17.6 Å². The third-order valence-corrected chi connectivity index (χ3v) is 3.91. The number of halogens is 1. The monoisotopic (exact) mass is 357 g/mol. The number of fused-ring (bicyclic) bond motifs is 1. The third-order valence-electron chi connectivity index (χ3n) is 3.67. The molecule has 1 N–H and O–H groups in total. The van der Waals surface area contributed by atoms with Gasteiger partial charge in [0.25, 0.3) is 11.6 Å². The highest BCUT2D eigenvalue weighted by Crippen LogP contribution is 2.27. The molecule has 7 nitrogen and oxygen atoms in total. The number of amides is 1. The van der Waals surface area contributed by atoms with Crippen LogP contribution in [0.4, 0.5) is 11.4 Å². The fourth-order valence-corrected chi connectivity index (χ4v) is 2.76. The number of imidazole rings is 1. The molecule has 25 heavy (non-hydrogen) atoms. The summed E-state index contributed by atoms with van der Waals surface area (Å²) in [7, 11) is 0. The molecule has 1 heterocycles. The zero-order valence-electron chi connectivity index (χ0n) is 13.1. The van der Waals surface area contributed by atoms with Crippen molar-refractivity contribution in [2.75, 3.05) is 5.32 Å². The van der Waals surface area contributed by atoms with Crippen LogP contribution in [0.2, 0.25) is 5.02 Å². The van der Waals surface area contributed by atoms with E-state index in [1.54, 1.807) is 21.7 Å². The van der Waals surface area contributed by atoms with Gasteiger partial charge in [0.05, 0.1) is 11.1 Å². The van der Waals surface area contributed by atoms with Crippen molar-refractivity contribution in [3.63, 3.8) is 0 Å². The minimum absolute atomic E-state index is 0.00891. The number of rotatable bonds is 5. The van der Waals surface area contributed by atoms with Crippen molar-refractivity contribution in [2.24, 2.45) is 0 Å². The average Bonchev–Trinajstić information content (AvgIpc) is 2.92. The molecule has 0 spiro atoms. The van der Waals surface area contributed by atoms with E-state index in [2.05, 4.69) is 11.9 Å². The second kappa shape index (κ2) is 6.74. The smallest absolute Gasteiger partial charge is 0.292 e. The van der Waals surface area contributed by atoms with Crippen LogP contribution in [0.5, 0.6) is 0 Å². The number of hydrogen-bond donors (Lipinski definition) is 1. The van der Waals surface area contributed by atoms with Crippen molar-refractivity contribution >= 4 is 46.1 Å². The first-order chi connectivity index (χ1) is 12.0. The van der Waals surface area contributed by atoms with Crippen LogP contribution in [0, 0.1) is 10.1 Å². The molecule has 1 aromatic heterocycles. The van der Waals surface area contributed by atoms with E-state index < -0.39 is 10.8 Å². The van der Waals surface area contributed by atoms with Crippen molar-refractivity contribution in [1.29, 1.82) is 0 Å². The van der Waals surface area contributed by atoms with Crippen LogP contribution in [0.1, 0.15) is 0 Å². The number of nitrogens with zero attached hydrogens (tertiary/aromatic N) is 3. The number of para-hydroxylation sites is 2. The summed E-state index contributed by atoms with van der Waals surface area (Å²) < 4.78 is 3.53. The number of carbonyl (C=O) groups is 1. The molecule has 3 rings (SSSR count). The summed E-state index contributed by atoms with van der Waals surface area (Å²) in [5, 5.41) is 13.9. The molecular weight excluding hydrogens is 344 g/mol. The van der Waals surface area contributed by atoms with Crippen LogP contribution in [0.25, 0.3) is 17.2 Å². The summed E-state index contributed by atoms with van der Waals surface area (Å²) in [6.07, 6.45) is 3.38. The second-order valence-electron chi connectivity index (χ2n) is 5.29. The van der Waals surface area contributed by atoms with Crippen molar-refractivity contribution in [3.05, 3.63) is 70.5 Å². The number of benzene rings is 2. The van der Waals surface area contributed by atoms with Crippen LogP contribution in [-0.2, 0) is 11.3 Å². The van der Waals surface area contributed by atoms with Crippen LogP contribution >= 0.6 is 11.6 Å². The summed E-state index contributed by atoms with van der Waals surface area (Å²) in [6, 6.07) is 11.6. The van der Waals surface area contributed by atoms with E-state index in [4.69, 9.17) is 11.6 Å². The number of aromatic nitrogens is 2. The van der Waals surface area contributed by atoms with Crippen LogP contribution in [0.3, 0.4) is 0 Å². The summed E-state index contributed by atoms with van der Waals surface area (Å²) in [5.41, 5.74) is 1.60. The minimum atomic E-state index is -0.567. The van der Waals surface area contributed by atoms with Crippen molar-refractivity contribution < 1.29 is 14.3 Å². The summed E-state index contributed by atoms with van der Waals surface area (Å²) in [5.74, 6) is -0.401. The SMILES string of the molecule is C=Cn1c[n+](CC(=O)Nc2cc(Cl)ccc2[N+](=O)[O-])c2ccccc21. The first-order valence-electron chi connectivity index (χ1n) is 7.35. The first-order valence-corrected chi connectivity index (χ1v) is 7.73. The van der Waals surface area contributed by atoms with Gasteiger partial charge in [0.1, 0.15) is 5.69 Å². The lowest BCUT2D eigenvalue weighted by molar-refractivity contribution is -0.658.